The average molecular weight is 338 g/mol. The van der Waals surface area contributed by atoms with Crippen LogP contribution in [0.3, 0.4) is 0 Å². The van der Waals surface area contributed by atoms with Gasteiger partial charge in [0.15, 0.2) is 5.79 Å². The van der Waals surface area contributed by atoms with E-state index in [1.165, 1.54) is 0 Å². The summed E-state index contributed by atoms with van der Waals surface area (Å²) in [7, 11) is 0. The van der Waals surface area contributed by atoms with Crippen molar-refractivity contribution >= 4 is 11.8 Å². The topological polar surface area (TPSA) is 67.9 Å². The molecule has 2 aliphatic heterocycles. The second-order valence-electron chi connectivity index (χ2n) is 5.94. The molecule has 2 fully saturated rings. The van der Waals surface area contributed by atoms with Crippen molar-refractivity contribution in [3.8, 4) is 0 Å². The van der Waals surface area contributed by atoms with Crippen LogP contribution in [0, 0.1) is 5.92 Å². The van der Waals surface area contributed by atoms with E-state index in [-0.39, 0.29) is 37.8 Å². The third kappa shape index (κ3) is 4.81. The van der Waals surface area contributed by atoms with Crippen molar-refractivity contribution in [2.75, 3.05) is 32.8 Å². The van der Waals surface area contributed by atoms with Crippen molar-refractivity contribution in [3.05, 3.63) is 0 Å². The molecule has 0 aromatic heterocycles. The normalized spacial score (nSPS) is 22.2. The molecule has 6 nitrogen and oxygen atoms in total. The summed E-state index contributed by atoms with van der Waals surface area (Å²) in [5, 5.41) is 2.75. The zero-order chi connectivity index (χ0) is 17.1. The molecule has 0 spiro atoms. The molecule has 2 heterocycles. The zero-order valence-electron chi connectivity index (χ0n) is 12.9. The Morgan fingerprint density at radius 1 is 1.22 bits per heavy atom. The summed E-state index contributed by atoms with van der Waals surface area (Å²) in [6.45, 7) is 3.11. The number of halogens is 3. The maximum absolute atomic E-state index is 12.3. The molecular weight excluding hydrogens is 317 g/mol. The third-order valence-electron chi connectivity index (χ3n) is 4.17. The Balaban J connectivity index is 1.70. The first kappa shape index (κ1) is 18.0. The number of nitrogens with zero attached hydrogens (tertiary/aromatic N) is 1. The van der Waals surface area contributed by atoms with Crippen LogP contribution in [0.15, 0.2) is 0 Å². The summed E-state index contributed by atoms with van der Waals surface area (Å²) in [6.07, 6.45) is -3.88. The van der Waals surface area contributed by atoms with E-state index in [0.717, 1.165) is 4.90 Å². The highest BCUT2D eigenvalue weighted by Crippen LogP contribution is 2.24. The Kier molecular flexibility index (Phi) is 5.51. The maximum atomic E-state index is 12.3. The van der Waals surface area contributed by atoms with E-state index in [0.29, 0.717) is 26.2 Å². The maximum Gasteiger partial charge on any atom is 0.471 e. The van der Waals surface area contributed by atoms with Gasteiger partial charge in [-0.2, -0.15) is 13.2 Å². The summed E-state index contributed by atoms with van der Waals surface area (Å²) in [5.74, 6) is -3.09. The number of rotatable bonds is 4. The van der Waals surface area contributed by atoms with E-state index in [1.807, 2.05) is 0 Å². The minimum absolute atomic E-state index is 0.0552. The van der Waals surface area contributed by atoms with Crippen LogP contribution in [0.25, 0.3) is 0 Å². The van der Waals surface area contributed by atoms with E-state index in [4.69, 9.17) is 9.47 Å². The van der Waals surface area contributed by atoms with Gasteiger partial charge in [0.2, 0.25) is 5.91 Å². The summed E-state index contributed by atoms with van der Waals surface area (Å²) in [6, 6.07) is 0. The molecular formula is C14H21F3N2O4. The van der Waals surface area contributed by atoms with E-state index in [9.17, 15) is 22.8 Å². The fourth-order valence-electron chi connectivity index (χ4n) is 2.78. The number of ether oxygens (including phenoxy) is 2. The molecule has 2 aliphatic rings. The number of carbonyl (C=O) groups excluding carboxylic acids is 2. The quantitative estimate of drug-likeness (QED) is 0.832. The number of amides is 2. The van der Waals surface area contributed by atoms with Crippen molar-refractivity contribution in [1.82, 2.24) is 10.2 Å². The Hall–Kier alpha value is -1.35. The average Bonchev–Trinajstić information content (AvgIpc) is 2.92. The van der Waals surface area contributed by atoms with Crippen LogP contribution in [0.2, 0.25) is 0 Å². The van der Waals surface area contributed by atoms with Crippen molar-refractivity contribution in [2.45, 2.75) is 38.1 Å². The van der Waals surface area contributed by atoms with Gasteiger partial charge in [0.25, 0.3) is 0 Å². The lowest BCUT2D eigenvalue weighted by atomic mass is 9.95. The van der Waals surface area contributed by atoms with Gasteiger partial charge in [-0.3, -0.25) is 9.59 Å². The van der Waals surface area contributed by atoms with Gasteiger partial charge in [-0.1, -0.05) is 0 Å². The molecule has 9 heteroatoms. The fraction of sp³-hybridized carbons (Fsp3) is 0.857. The first-order chi connectivity index (χ1) is 10.7. The summed E-state index contributed by atoms with van der Waals surface area (Å²) >= 11 is 0. The van der Waals surface area contributed by atoms with Crippen LogP contribution in [-0.2, 0) is 19.1 Å². The summed E-state index contributed by atoms with van der Waals surface area (Å²) in [5.41, 5.74) is 0. The SMILES string of the molecule is CC1(CCNC(=O)C2CCN(C(=O)C(F)(F)F)CC2)OCCO1. The van der Waals surface area contributed by atoms with Gasteiger partial charge < -0.3 is 19.7 Å². The van der Waals surface area contributed by atoms with E-state index >= 15 is 0 Å². The lowest BCUT2D eigenvalue weighted by molar-refractivity contribution is -0.186. The second-order valence-corrected chi connectivity index (χ2v) is 5.94. The monoisotopic (exact) mass is 338 g/mol. The van der Waals surface area contributed by atoms with Crippen LogP contribution in [-0.4, -0.2) is 61.5 Å². The molecule has 2 rings (SSSR count). The lowest BCUT2D eigenvalue weighted by Gasteiger charge is -2.32. The van der Waals surface area contributed by atoms with Gasteiger partial charge in [-0.25, -0.2) is 0 Å². The van der Waals surface area contributed by atoms with Crippen molar-refractivity contribution in [1.29, 1.82) is 0 Å². The fourth-order valence-corrected chi connectivity index (χ4v) is 2.78. The zero-order valence-corrected chi connectivity index (χ0v) is 12.9. The molecule has 23 heavy (non-hydrogen) atoms. The number of hydrogen-bond acceptors (Lipinski definition) is 4. The van der Waals surface area contributed by atoms with Gasteiger partial charge >= 0.3 is 12.1 Å². The highest BCUT2D eigenvalue weighted by Gasteiger charge is 2.43. The van der Waals surface area contributed by atoms with E-state index in [1.54, 1.807) is 6.92 Å². The Labute approximate surface area is 132 Å². The Morgan fingerprint density at radius 2 is 1.78 bits per heavy atom. The van der Waals surface area contributed by atoms with Crippen molar-refractivity contribution < 1.29 is 32.2 Å². The van der Waals surface area contributed by atoms with Gasteiger partial charge in [0.1, 0.15) is 0 Å². The molecule has 0 unspecified atom stereocenters. The number of likely N-dealkylation sites (tertiary alicyclic amines) is 1. The molecule has 132 valence electrons. The molecule has 0 atom stereocenters. The van der Waals surface area contributed by atoms with Gasteiger partial charge in [0.05, 0.1) is 13.2 Å². The highest BCUT2D eigenvalue weighted by molar-refractivity contribution is 5.83. The Bertz CT molecular complexity index is 442. The van der Waals surface area contributed by atoms with Crippen molar-refractivity contribution in [2.24, 2.45) is 5.92 Å². The van der Waals surface area contributed by atoms with E-state index in [2.05, 4.69) is 5.32 Å². The number of alkyl halides is 3. The van der Waals surface area contributed by atoms with Crippen LogP contribution in [0.5, 0.6) is 0 Å². The molecule has 1 N–H and O–H groups in total. The largest absolute Gasteiger partial charge is 0.471 e. The van der Waals surface area contributed by atoms with E-state index < -0.39 is 17.9 Å². The van der Waals surface area contributed by atoms with Gasteiger partial charge in [-0.15, -0.1) is 0 Å². The molecule has 0 saturated carbocycles. The van der Waals surface area contributed by atoms with Crippen LogP contribution >= 0.6 is 0 Å². The summed E-state index contributed by atoms with van der Waals surface area (Å²) < 4.78 is 47.9. The van der Waals surface area contributed by atoms with Crippen LogP contribution in [0.4, 0.5) is 13.2 Å². The molecule has 0 bridgehead atoms. The van der Waals surface area contributed by atoms with Crippen LogP contribution < -0.4 is 5.32 Å². The number of piperidine rings is 1. The first-order valence-electron chi connectivity index (χ1n) is 7.63. The van der Waals surface area contributed by atoms with Gasteiger partial charge in [-0.05, 0) is 19.8 Å². The molecule has 0 aliphatic carbocycles. The molecule has 0 aromatic carbocycles. The lowest BCUT2D eigenvalue weighted by Crippen LogP contribution is -2.47. The standard InChI is InChI=1S/C14H21F3N2O4/c1-13(22-8-9-23-13)4-5-18-11(20)10-2-6-19(7-3-10)12(21)14(15,16)17/h10H,2-9H2,1H3,(H,18,20). The van der Waals surface area contributed by atoms with Crippen LogP contribution in [0.1, 0.15) is 26.2 Å². The van der Waals surface area contributed by atoms with Crippen molar-refractivity contribution in [3.63, 3.8) is 0 Å². The number of carbonyl (C=O) groups is 2. The second kappa shape index (κ2) is 7.04. The minimum atomic E-state index is -4.86. The van der Waals surface area contributed by atoms with Gasteiger partial charge in [0, 0.05) is 32.0 Å². The highest BCUT2D eigenvalue weighted by atomic mass is 19.4. The summed E-state index contributed by atoms with van der Waals surface area (Å²) in [4.78, 5) is 23.9. The first-order valence-corrected chi connectivity index (χ1v) is 7.63. The third-order valence-corrected chi connectivity index (χ3v) is 4.17. The number of nitrogens with one attached hydrogen (secondary N) is 1. The minimum Gasteiger partial charge on any atom is -0.356 e. The predicted octanol–water partition coefficient (Wildman–Crippen LogP) is 1.06. The number of hydrogen-bond donors (Lipinski definition) is 1. The smallest absolute Gasteiger partial charge is 0.356 e. The molecule has 0 radical (unpaired) electrons. The molecule has 2 amide bonds. The molecule has 2 saturated heterocycles. The Morgan fingerprint density at radius 3 is 2.30 bits per heavy atom. The predicted molar refractivity (Wildman–Crippen MR) is 73.3 cm³/mol. The molecule has 0 aromatic rings.